The summed E-state index contributed by atoms with van der Waals surface area (Å²) in [6, 6.07) is 6.49. The molecule has 0 spiro atoms. The Balaban J connectivity index is 1.65. The van der Waals surface area contributed by atoms with Crippen LogP contribution in [0.3, 0.4) is 0 Å². The first kappa shape index (κ1) is 11.5. The lowest BCUT2D eigenvalue weighted by Crippen LogP contribution is -2.14. The molecule has 1 N–H and O–H groups in total. The van der Waals surface area contributed by atoms with Crippen LogP contribution in [0.5, 0.6) is 0 Å². The van der Waals surface area contributed by atoms with Crippen LogP contribution in [0.2, 0.25) is 0 Å². The van der Waals surface area contributed by atoms with E-state index in [1.165, 1.54) is 49.3 Å². The molecule has 2 aliphatic rings. The molecule has 2 aromatic heterocycles. The van der Waals surface area contributed by atoms with Gasteiger partial charge in [0.25, 0.3) is 0 Å². The van der Waals surface area contributed by atoms with Gasteiger partial charge in [0.15, 0.2) is 0 Å². The van der Waals surface area contributed by atoms with Crippen molar-refractivity contribution in [3.63, 3.8) is 0 Å². The summed E-state index contributed by atoms with van der Waals surface area (Å²) in [6.45, 7) is 0. The van der Waals surface area contributed by atoms with Crippen LogP contribution < -0.4 is 0 Å². The average Bonchev–Trinajstić information content (AvgIpc) is 3.03. The third kappa shape index (κ3) is 1.82. The van der Waals surface area contributed by atoms with Crippen LogP contribution in [-0.2, 0) is 0 Å². The van der Waals surface area contributed by atoms with Gasteiger partial charge in [-0.1, -0.05) is 6.42 Å². The van der Waals surface area contributed by atoms with Crippen molar-refractivity contribution in [2.24, 2.45) is 0 Å². The van der Waals surface area contributed by atoms with Crippen molar-refractivity contribution in [1.82, 2.24) is 19.7 Å². The van der Waals surface area contributed by atoms with Gasteiger partial charge in [-0.3, -0.25) is 5.10 Å². The Morgan fingerprint density at radius 2 is 2.00 bits per heavy atom. The topological polar surface area (TPSA) is 46.5 Å². The van der Waals surface area contributed by atoms with E-state index in [-0.39, 0.29) is 0 Å². The van der Waals surface area contributed by atoms with Gasteiger partial charge in [-0.25, -0.2) is 4.98 Å². The molecule has 106 valence electrons. The van der Waals surface area contributed by atoms with E-state index in [1.807, 2.05) is 6.20 Å². The van der Waals surface area contributed by atoms with Crippen molar-refractivity contribution in [3.05, 3.63) is 42.1 Å². The number of hydrogen-bond donors (Lipinski definition) is 1. The van der Waals surface area contributed by atoms with Crippen LogP contribution in [0.15, 0.2) is 30.6 Å². The predicted octanol–water partition coefficient (Wildman–Crippen LogP) is 3.89. The van der Waals surface area contributed by atoms with Crippen molar-refractivity contribution < 1.29 is 0 Å². The highest BCUT2D eigenvalue weighted by Gasteiger charge is 2.31. The summed E-state index contributed by atoms with van der Waals surface area (Å²) >= 11 is 0. The van der Waals surface area contributed by atoms with E-state index in [1.54, 1.807) is 0 Å². The Morgan fingerprint density at radius 1 is 1.10 bits per heavy atom. The Hall–Kier alpha value is -2.10. The first-order chi connectivity index (χ1) is 10.4. The molecule has 4 nitrogen and oxygen atoms in total. The molecule has 4 heteroatoms. The third-order valence-corrected chi connectivity index (χ3v) is 4.92. The minimum atomic E-state index is 0.651. The molecule has 5 rings (SSSR count). The smallest absolute Gasteiger partial charge is 0.116 e. The number of aromatic amines is 1. The second-order valence-electron chi connectivity index (χ2n) is 6.44. The number of benzene rings is 1. The van der Waals surface area contributed by atoms with Gasteiger partial charge in [-0.2, -0.15) is 5.10 Å². The van der Waals surface area contributed by atoms with Gasteiger partial charge in [0.2, 0.25) is 0 Å². The number of imidazole rings is 1. The average molecular weight is 278 g/mol. The molecule has 2 heterocycles. The molecule has 2 fully saturated rings. The Bertz CT molecular complexity index is 805. The highest BCUT2D eigenvalue weighted by molar-refractivity contribution is 5.80. The SMILES string of the molecule is c1cc2[nH]ncc2cc1-n1cc(C2CC2)nc1C1CCC1. The Labute approximate surface area is 123 Å². The largest absolute Gasteiger partial charge is 0.303 e. The minimum Gasteiger partial charge on any atom is -0.303 e. The maximum Gasteiger partial charge on any atom is 0.116 e. The number of nitrogens with zero attached hydrogens (tertiary/aromatic N) is 3. The molecule has 0 atom stereocenters. The van der Waals surface area contributed by atoms with E-state index in [9.17, 15) is 0 Å². The normalized spacial score (nSPS) is 19.0. The van der Waals surface area contributed by atoms with E-state index >= 15 is 0 Å². The lowest BCUT2D eigenvalue weighted by atomic mass is 9.85. The first-order valence-corrected chi connectivity index (χ1v) is 7.91. The zero-order valence-corrected chi connectivity index (χ0v) is 11.9. The maximum absolute atomic E-state index is 4.98. The summed E-state index contributed by atoms with van der Waals surface area (Å²) in [4.78, 5) is 4.98. The van der Waals surface area contributed by atoms with Crippen molar-refractivity contribution in [2.75, 3.05) is 0 Å². The van der Waals surface area contributed by atoms with E-state index in [0.717, 1.165) is 10.9 Å². The van der Waals surface area contributed by atoms with Crippen LogP contribution >= 0.6 is 0 Å². The van der Waals surface area contributed by atoms with Gasteiger partial charge >= 0.3 is 0 Å². The zero-order valence-electron chi connectivity index (χ0n) is 11.9. The van der Waals surface area contributed by atoms with Gasteiger partial charge in [-0.05, 0) is 43.9 Å². The summed E-state index contributed by atoms with van der Waals surface area (Å²) < 4.78 is 2.32. The van der Waals surface area contributed by atoms with E-state index in [0.29, 0.717) is 11.8 Å². The molecule has 0 radical (unpaired) electrons. The number of rotatable bonds is 3. The molecule has 0 aliphatic heterocycles. The van der Waals surface area contributed by atoms with Crippen LogP contribution in [-0.4, -0.2) is 19.7 Å². The summed E-state index contributed by atoms with van der Waals surface area (Å²) in [5, 5.41) is 8.29. The van der Waals surface area contributed by atoms with Gasteiger partial charge in [0, 0.05) is 29.1 Å². The Kier molecular flexibility index (Phi) is 2.31. The van der Waals surface area contributed by atoms with Crippen molar-refractivity contribution in [1.29, 1.82) is 0 Å². The molecule has 3 aromatic rings. The molecule has 0 saturated heterocycles. The number of aromatic nitrogens is 4. The fourth-order valence-corrected chi connectivity index (χ4v) is 3.23. The van der Waals surface area contributed by atoms with Crippen LogP contribution in [0, 0.1) is 0 Å². The molecular weight excluding hydrogens is 260 g/mol. The molecule has 2 aliphatic carbocycles. The molecule has 1 aromatic carbocycles. The summed E-state index contributed by atoms with van der Waals surface area (Å²) in [7, 11) is 0. The molecular formula is C17H18N4. The number of fused-ring (bicyclic) bond motifs is 1. The second kappa shape index (κ2) is 4.20. The summed E-state index contributed by atoms with van der Waals surface area (Å²) in [5.74, 6) is 2.63. The molecule has 0 bridgehead atoms. The lowest BCUT2D eigenvalue weighted by Gasteiger charge is -2.25. The second-order valence-corrected chi connectivity index (χ2v) is 6.44. The van der Waals surface area contributed by atoms with Crippen molar-refractivity contribution in [3.8, 4) is 5.69 Å². The van der Waals surface area contributed by atoms with Gasteiger partial charge in [0.1, 0.15) is 5.82 Å². The molecule has 2 saturated carbocycles. The highest BCUT2D eigenvalue weighted by Crippen LogP contribution is 2.43. The van der Waals surface area contributed by atoms with E-state index in [2.05, 4.69) is 39.2 Å². The minimum absolute atomic E-state index is 0.651. The third-order valence-electron chi connectivity index (χ3n) is 4.92. The van der Waals surface area contributed by atoms with Gasteiger partial charge < -0.3 is 4.57 Å². The molecule has 21 heavy (non-hydrogen) atoms. The first-order valence-electron chi connectivity index (χ1n) is 7.91. The zero-order chi connectivity index (χ0) is 13.8. The Morgan fingerprint density at radius 3 is 2.76 bits per heavy atom. The fraction of sp³-hybridized carbons (Fsp3) is 0.412. The quantitative estimate of drug-likeness (QED) is 0.790. The summed E-state index contributed by atoms with van der Waals surface area (Å²) in [5.41, 5.74) is 3.60. The maximum atomic E-state index is 4.98. The predicted molar refractivity (Wildman–Crippen MR) is 81.8 cm³/mol. The van der Waals surface area contributed by atoms with Crippen LogP contribution in [0.4, 0.5) is 0 Å². The number of nitrogens with one attached hydrogen (secondary N) is 1. The lowest BCUT2D eigenvalue weighted by molar-refractivity contribution is 0.397. The van der Waals surface area contributed by atoms with Crippen LogP contribution in [0.25, 0.3) is 16.6 Å². The monoisotopic (exact) mass is 278 g/mol. The number of hydrogen-bond acceptors (Lipinski definition) is 2. The fourth-order valence-electron chi connectivity index (χ4n) is 3.23. The molecule has 0 unspecified atom stereocenters. The standard InChI is InChI=1S/C17H18N4/c1-2-12(3-1)17-19-16(11-4-5-11)10-21(17)14-6-7-15-13(8-14)9-18-20-15/h6-12H,1-5H2,(H,18,20). The van der Waals surface area contributed by atoms with Crippen LogP contribution in [0.1, 0.15) is 55.5 Å². The number of H-pyrrole nitrogens is 1. The van der Waals surface area contributed by atoms with Gasteiger partial charge in [-0.15, -0.1) is 0 Å². The van der Waals surface area contributed by atoms with Crippen molar-refractivity contribution in [2.45, 2.75) is 43.9 Å². The van der Waals surface area contributed by atoms with Gasteiger partial charge in [0.05, 0.1) is 17.4 Å². The van der Waals surface area contributed by atoms with E-state index < -0.39 is 0 Å². The van der Waals surface area contributed by atoms with Crippen molar-refractivity contribution >= 4 is 10.9 Å². The summed E-state index contributed by atoms with van der Waals surface area (Å²) in [6.07, 6.45) is 10.7. The molecule has 0 amide bonds. The van der Waals surface area contributed by atoms with E-state index in [4.69, 9.17) is 4.98 Å². The highest BCUT2D eigenvalue weighted by atomic mass is 15.1.